The van der Waals surface area contributed by atoms with Gasteiger partial charge in [-0.15, -0.1) is 6.42 Å². The van der Waals surface area contributed by atoms with Crippen LogP contribution in [0.2, 0.25) is 0 Å². The largest absolute Gasteiger partial charge is 0.379 e. The third-order valence-corrected chi connectivity index (χ3v) is 2.42. The number of urea groups is 1. The fourth-order valence-electron chi connectivity index (χ4n) is 1.43. The van der Waals surface area contributed by atoms with Crippen molar-refractivity contribution >= 4 is 11.7 Å². The summed E-state index contributed by atoms with van der Waals surface area (Å²) in [7, 11) is 0. The molecule has 0 fully saturated rings. The van der Waals surface area contributed by atoms with Crippen molar-refractivity contribution in [1.82, 2.24) is 5.32 Å². The summed E-state index contributed by atoms with van der Waals surface area (Å²) in [4.78, 5) is 11.6. The van der Waals surface area contributed by atoms with Gasteiger partial charge < -0.3 is 20.1 Å². The van der Waals surface area contributed by atoms with Crippen LogP contribution < -0.4 is 10.6 Å². The first-order valence-electron chi connectivity index (χ1n) is 6.53. The fraction of sp³-hybridized carbons (Fsp3) is 0.400. The van der Waals surface area contributed by atoms with E-state index in [0.717, 1.165) is 5.56 Å². The molecule has 0 atom stereocenters. The van der Waals surface area contributed by atoms with Crippen LogP contribution >= 0.6 is 0 Å². The quantitative estimate of drug-likeness (QED) is 0.562. The van der Waals surface area contributed by atoms with Crippen molar-refractivity contribution in [2.75, 3.05) is 38.3 Å². The van der Waals surface area contributed by atoms with E-state index >= 15 is 0 Å². The predicted molar refractivity (Wildman–Crippen MR) is 78.7 cm³/mol. The van der Waals surface area contributed by atoms with Gasteiger partial charge in [-0.05, 0) is 31.2 Å². The molecule has 5 heteroatoms. The molecule has 20 heavy (non-hydrogen) atoms. The number of hydrogen-bond acceptors (Lipinski definition) is 3. The van der Waals surface area contributed by atoms with Crippen molar-refractivity contribution in [2.24, 2.45) is 0 Å². The lowest BCUT2D eigenvalue weighted by molar-refractivity contribution is 0.0547. The molecule has 0 heterocycles. The van der Waals surface area contributed by atoms with Gasteiger partial charge in [0.15, 0.2) is 0 Å². The van der Waals surface area contributed by atoms with Crippen LogP contribution in [-0.4, -0.2) is 39.0 Å². The molecular formula is C15H20N2O3. The summed E-state index contributed by atoms with van der Waals surface area (Å²) in [6.45, 7) is 4.62. The second kappa shape index (κ2) is 9.84. The zero-order valence-corrected chi connectivity index (χ0v) is 11.6. The molecular weight excluding hydrogens is 256 g/mol. The molecule has 0 saturated carbocycles. The van der Waals surface area contributed by atoms with Crippen LogP contribution in [-0.2, 0) is 9.47 Å². The van der Waals surface area contributed by atoms with Gasteiger partial charge in [-0.3, -0.25) is 0 Å². The van der Waals surface area contributed by atoms with E-state index in [2.05, 4.69) is 16.6 Å². The number of carbonyl (C=O) groups excluding carboxylic acids is 1. The fourth-order valence-corrected chi connectivity index (χ4v) is 1.43. The van der Waals surface area contributed by atoms with Crippen LogP contribution in [0.5, 0.6) is 0 Å². The van der Waals surface area contributed by atoms with Crippen LogP contribution in [0.15, 0.2) is 24.3 Å². The average molecular weight is 276 g/mol. The first kappa shape index (κ1) is 16.0. The normalized spacial score (nSPS) is 9.80. The van der Waals surface area contributed by atoms with Gasteiger partial charge in [0.05, 0.1) is 19.8 Å². The van der Waals surface area contributed by atoms with E-state index in [1.54, 1.807) is 24.3 Å². The minimum Gasteiger partial charge on any atom is -0.379 e. The number of carbonyl (C=O) groups is 1. The minimum atomic E-state index is -0.271. The lowest BCUT2D eigenvalue weighted by Gasteiger charge is -2.08. The SMILES string of the molecule is C#Cc1ccc(NC(=O)NCCOCCOCC)cc1. The van der Waals surface area contributed by atoms with Crippen molar-refractivity contribution in [2.45, 2.75) is 6.92 Å². The maximum absolute atomic E-state index is 11.6. The van der Waals surface area contributed by atoms with Gasteiger partial charge in [0.2, 0.25) is 0 Å². The highest BCUT2D eigenvalue weighted by Crippen LogP contribution is 2.08. The molecule has 0 aliphatic carbocycles. The second-order valence-corrected chi connectivity index (χ2v) is 3.91. The van der Waals surface area contributed by atoms with Gasteiger partial charge in [-0.25, -0.2) is 4.79 Å². The number of benzene rings is 1. The highest BCUT2D eigenvalue weighted by molar-refractivity contribution is 5.89. The van der Waals surface area contributed by atoms with Crippen molar-refractivity contribution in [3.8, 4) is 12.3 Å². The minimum absolute atomic E-state index is 0.271. The molecule has 0 bridgehead atoms. The average Bonchev–Trinajstić information content (AvgIpc) is 2.47. The Kier molecular flexibility index (Phi) is 7.89. The van der Waals surface area contributed by atoms with Crippen molar-refractivity contribution < 1.29 is 14.3 Å². The number of hydrogen-bond donors (Lipinski definition) is 2. The Bertz CT molecular complexity index is 437. The summed E-state index contributed by atoms with van der Waals surface area (Å²) in [5, 5.41) is 5.40. The topological polar surface area (TPSA) is 59.6 Å². The summed E-state index contributed by atoms with van der Waals surface area (Å²) >= 11 is 0. The lowest BCUT2D eigenvalue weighted by Crippen LogP contribution is -2.31. The highest BCUT2D eigenvalue weighted by atomic mass is 16.5. The van der Waals surface area contributed by atoms with E-state index in [1.165, 1.54) is 0 Å². The van der Waals surface area contributed by atoms with E-state index in [0.29, 0.717) is 38.7 Å². The summed E-state index contributed by atoms with van der Waals surface area (Å²) in [5.41, 5.74) is 1.47. The zero-order valence-electron chi connectivity index (χ0n) is 11.6. The van der Waals surface area contributed by atoms with Gasteiger partial charge in [0.25, 0.3) is 0 Å². The molecule has 2 amide bonds. The molecule has 5 nitrogen and oxygen atoms in total. The highest BCUT2D eigenvalue weighted by Gasteiger charge is 2.00. The van der Waals surface area contributed by atoms with Gasteiger partial charge >= 0.3 is 6.03 Å². The molecule has 0 aromatic heterocycles. The maximum atomic E-state index is 11.6. The predicted octanol–water partition coefficient (Wildman–Crippen LogP) is 1.84. The van der Waals surface area contributed by atoms with Crippen LogP contribution in [0.4, 0.5) is 10.5 Å². The Balaban J connectivity index is 2.12. The Morgan fingerprint density at radius 1 is 1.20 bits per heavy atom. The molecule has 0 spiro atoms. The second-order valence-electron chi connectivity index (χ2n) is 3.91. The van der Waals surface area contributed by atoms with Gasteiger partial charge in [0.1, 0.15) is 0 Å². The maximum Gasteiger partial charge on any atom is 0.319 e. The third-order valence-electron chi connectivity index (χ3n) is 2.42. The van der Waals surface area contributed by atoms with Crippen LogP contribution in [0.3, 0.4) is 0 Å². The molecule has 0 aliphatic heterocycles. The molecule has 108 valence electrons. The smallest absolute Gasteiger partial charge is 0.319 e. The van der Waals surface area contributed by atoms with Crippen LogP contribution in [0.1, 0.15) is 12.5 Å². The molecule has 0 aliphatic rings. The summed E-state index contributed by atoms with van der Waals surface area (Å²) < 4.78 is 10.4. The Hall–Kier alpha value is -2.03. The number of anilines is 1. The Morgan fingerprint density at radius 2 is 1.90 bits per heavy atom. The summed E-state index contributed by atoms with van der Waals surface area (Å²) in [6, 6.07) is 6.78. The van der Waals surface area contributed by atoms with E-state index in [9.17, 15) is 4.79 Å². The summed E-state index contributed by atoms with van der Waals surface area (Å²) in [6.07, 6.45) is 5.25. The Labute approximate surface area is 119 Å². The van der Waals surface area contributed by atoms with E-state index in [-0.39, 0.29) is 6.03 Å². The number of rotatable bonds is 8. The van der Waals surface area contributed by atoms with E-state index < -0.39 is 0 Å². The molecule has 0 unspecified atom stereocenters. The van der Waals surface area contributed by atoms with E-state index in [1.807, 2.05) is 6.92 Å². The van der Waals surface area contributed by atoms with Gasteiger partial charge in [-0.2, -0.15) is 0 Å². The number of terminal acetylenes is 1. The first-order valence-corrected chi connectivity index (χ1v) is 6.53. The summed E-state index contributed by atoms with van der Waals surface area (Å²) in [5.74, 6) is 2.52. The van der Waals surface area contributed by atoms with Gasteiger partial charge in [-0.1, -0.05) is 5.92 Å². The molecule has 1 aromatic rings. The standard InChI is InChI=1S/C15H20N2O3/c1-3-13-5-7-14(8-6-13)17-15(18)16-9-10-20-12-11-19-4-2/h1,5-8H,4,9-12H2,2H3,(H2,16,17,18). The Morgan fingerprint density at radius 3 is 2.55 bits per heavy atom. The zero-order chi connectivity index (χ0) is 14.6. The number of ether oxygens (including phenoxy) is 2. The van der Waals surface area contributed by atoms with Crippen molar-refractivity contribution in [3.63, 3.8) is 0 Å². The van der Waals surface area contributed by atoms with Crippen LogP contribution in [0.25, 0.3) is 0 Å². The molecule has 0 radical (unpaired) electrons. The van der Waals surface area contributed by atoms with Crippen molar-refractivity contribution in [1.29, 1.82) is 0 Å². The molecule has 1 aromatic carbocycles. The number of nitrogens with one attached hydrogen (secondary N) is 2. The van der Waals surface area contributed by atoms with Gasteiger partial charge in [0, 0.05) is 24.4 Å². The van der Waals surface area contributed by atoms with Crippen LogP contribution in [0, 0.1) is 12.3 Å². The van der Waals surface area contributed by atoms with E-state index in [4.69, 9.17) is 15.9 Å². The first-order chi connectivity index (χ1) is 9.76. The lowest BCUT2D eigenvalue weighted by atomic mass is 10.2. The molecule has 0 saturated heterocycles. The molecule has 2 N–H and O–H groups in total. The monoisotopic (exact) mass is 276 g/mol. The van der Waals surface area contributed by atoms with Crippen molar-refractivity contribution in [3.05, 3.63) is 29.8 Å². The third kappa shape index (κ3) is 6.78. The molecule has 1 rings (SSSR count). The number of amides is 2.